The molecule has 1 atom stereocenters. The Kier molecular flexibility index (Phi) is 7.06. The molecule has 30 heavy (non-hydrogen) atoms. The highest BCUT2D eigenvalue weighted by molar-refractivity contribution is 8.18. The quantitative estimate of drug-likeness (QED) is 0.353. The number of anilines is 1. The van der Waals surface area contributed by atoms with E-state index in [1.807, 2.05) is 6.07 Å². The van der Waals surface area contributed by atoms with Gasteiger partial charge in [0.25, 0.3) is 11.1 Å². The van der Waals surface area contributed by atoms with Crippen molar-refractivity contribution in [1.82, 2.24) is 16.0 Å². The number of amides is 3. The Morgan fingerprint density at radius 2 is 2.03 bits per heavy atom. The zero-order valence-electron chi connectivity index (χ0n) is 16.7. The van der Waals surface area contributed by atoms with Crippen LogP contribution in [0.4, 0.5) is 15.3 Å². The van der Waals surface area contributed by atoms with Gasteiger partial charge in [-0.1, -0.05) is 0 Å². The fourth-order valence-corrected chi connectivity index (χ4v) is 4.10. The van der Waals surface area contributed by atoms with Crippen LogP contribution in [0.3, 0.4) is 0 Å². The number of methoxy groups -OCH3 is 2. The van der Waals surface area contributed by atoms with Gasteiger partial charge in [0.1, 0.15) is 0 Å². The van der Waals surface area contributed by atoms with Crippen LogP contribution >= 0.6 is 11.8 Å². The molecule has 4 N–H and O–H groups in total. The molecule has 2 aliphatic heterocycles. The first kappa shape index (κ1) is 21.8. The lowest BCUT2D eigenvalue weighted by molar-refractivity contribution is -0.115. The van der Waals surface area contributed by atoms with Crippen LogP contribution in [-0.4, -0.2) is 68.8 Å². The molecule has 1 aromatic rings. The third-order valence-electron chi connectivity index (χ3n) is 4.82. The van der Waals surface area contributed by atoms with E-state index in [4.69, 9.17) is 14.6 Å². The Hall–Kier alpha value is -2.92. The summed E-state index contributed by atoms with van der Waals surface area (Å²) < 4.78 is 10.8. The Morgan fingerprint density at radius 3 is 2.67 bits per heavy atom. The highest BCUT2D eigenvalue weighted by Crippen LogP contribution is 2.39. The van der Waals surface area contributed by atoms with Crippen molar-refractivity contribution in [2.45, 2.75) is 12.5 Å². The van der Waals surface area contributed by atoms with Gasteiger partial charge in [0.15, 0.2) is 11.5 Å². The number of nitrogens with zero attached hydrogens (tertiary/aromatic N) is 1. The van der Waals surface area contributed by atoms with Gasteiger partial charge >= 0.3 is 6.09 Å². The van der Waals surface area contributed by atoms with Crippen LogP contribution in [0.15, 0.2) is 17.0 Å². The molecule has 0 bridgehead atoms. The van der Waals surface area contributed by atoms with Gasteiger partial charge in [0.05, 0.1) is 19.1 Å². The molecule has 0 spiro atoms. The number of carboxylic acid groups (broad SMARTS) is 1. The van der Waals surface area contributed by atoms with E-state index in [1.165, 1.54) is 7.11 Å². The molecule has 1 unspecified atom stereocenters. The predicted molar refractivity (Wildman–Crippen MR) is 113 cm³/mol. The number of imide groups is 1. The molecule has 2 aliphatic rings. The molecule has 0 aromatic heterocycles. The van der Waals surface area contributed by atoms with Crippen molar-refractivity contribution in [2.75, 3.05) is 45.3 Å². The van der Waals surface area contributed by atoms with Crippen LogP contribution in [0.25, 0.3) is 6.08 Å². The maximum Gasteiger partial charge on any atom is 0.404 e. The molecule has 3 amide bonds. The Morgan fingerprint density at radius 1 is 1.30 bits per heavy atom. The fraction of sp³-hybridized carbons (Fsp3) is 0.421. The van der Waals surface area contributed by atoms with Crippen molar-refractivity contribution in [2.24, 2.45) is 0 Å². The minimum Gasteiger partial charge on any atom is -0.493 e. The minimum atomic E-state index is -1.04. The molecule has 3 rings (SSSR count). The number of hydrogen-bond donors (Lipinski definition) is 4. The molecule has 2 fully saturated rings. The first-order valence-corrected chi connectivity index (χ1v) is 10.2. The summed E-state index contributed by atoms with van der Waals surface area (Å²) in [6.45, 7) is 2.34. The van der Waals surface area contributed by atoms with Crippen LogP contribution in [0.5, 0.6) is 11.5 Å². The van der Waals surface area contributed by atoms with Crippen LogP contribution in [0.2, 0.25) is 0 Å². The number of thioether (sulfide) groups is 1. The number of hydrogen-bond acceptors (Lipinski definition) is 8. The molecule has 10 nitrogen and oxygen atoms in total. The highest BCUT2D eigenvalue weighted by Gasteiger charge is 2.28. The second kappa shape index (κ2) is 9.72. The van der Waals surface area contributed by atoms with Crippen molar-refractivity contribution in [3.8, 4) is 11.5 Å². The summed E-state index contributed by atoms with van der Waals surface area (Å²) in [5.41, 5.74) is 1.61. The average Bonchev–Trinajstić information content (AvgIpc) is 3.30. The summed E-state index contributed by atoms with van der Waals surface area (Å²) in [5.74, 6) is 0.672. The van der Waals surface area contributed by atoms with Gasteiger partial charge in [-0.25, -0.2) is 4.79 Å². The summed E-state index contributed by atoms with van der Waals surface area (Å²) >= 11 is 0.863. The lowest BCUT2D eigenvalue weighted by Gasteiger charge is -2.23. The molecular weight excluding hydrogens is 412 g/mol. The van der Waals surface area contributed by atoms with Gasteiger partial charge in [-0.3, -0.25) is 14.9 Å². The number of carbonyl (C=O) groups excluding carboxylic acids is 2. The predicted octanol–water partition coefficient (Wildman–Crippen LogP) is 1.46. The van der Waals surface area contributed by atoms with Crippen LogP contribution in [-0.2, 0) is 4.79 Å². The van der Waals surface area contributed by atoms with E-state index >= 15 is 0 Å². The summed E-state index contributed by atoms with van der Waals surface area (Å²) in [6.07, 6.45) is 1.52. The zero-order chi connectivity index (χ0) is 21.7. The zero-order valence-corrected chi connectivity index (χ0v) is 17.5. The number of carbonyl (C=O) groups is 3. The van der Waals surface area contributed by atoms with Crippen LogP contribution in [0.1, 0.15) is 12.0 Å². The average molecular weight is 436 g/mol. The maximum atomic E-state index is 12.0. The van der Waals surface area contributed by atoms with Crippen molar-refractivity contribution < 1.29 is 29.0 Å². The largest absolute Gasteiger partial charge is 0.493 e. The molecule has 11 heteroatoms. The van der Waals surface area contributed by atoms with Crippen LogP contribution < -0.4 is 30.3 Å². The maximum absolute atomic E-state index is 12.0. The summed E-state index contributed by atoms with van der Waals surface area (Å²) in [4.78, 5) is 36.5. The van der Waals surface area contributed by atoms with E-state index in [0.29, 0.717) is 36.0 Å². The Labute approximate surface area is 178 Å². The highest BCUT2D eigenvalue weighted by atomic mass is 32.2. The normalized spacial score (nSPS) is 19.9. The fourth-order valence-electron chi connectivity index (χ4n) is 3.43. The topological polar surface area (TPSA) is 129 Å². The van der Waals surface area contributed by atoms with Gasteiger partial charge in [0.2, 0.25) is 0 Å². The third-order valence-corrected chi connectivity index (χ3v) is 5.64. The molecule has 2 heterocycles. The van der Waals surface area contributed by atoms with Crippen molar-refractivity contribution in [1.29, 1.82) is 0 Å². The van der Waals surface area contributed by atoms with E-state index in [9.17, 15) is 14.4 Å². The third kappa shape index (κ3) is 5.16. The summed E-state index contributed by atoms with van der Waals surface area (Å²) in [5, 5.41) is 16.2. The number of ether oxygens (including phenoxy) is 2. The molecular formula is C19H24N4O6S. The first-order chi connectivity index (χ1) is 14.4. The SMILES string of the molecule is COc1cc(C=C2SC(=O)NC2=O)c(N2CCC(NCCNC(=O)O)C2)cc1OC. The second-order valence-corrected chi connectivity index (χ2v) is 7.75. The molecule has 162 valence electrons. The minimum absolute atomic E-state index is 0.194. The monoisotopic (exact) mass is 436 g/mol. The lowest BCUT2D eigenvalue weighted by Crippen LogP contribution is -2.38. The Balaban J connectivity index is 1.81. The number of rotatable bonds is 8. The van der Waals surface area contributed by atoms with Crippen molar-refractivity contribution in [3.63, 3.8) is 0 Å². The number of nitrogens with one attached hydrogen (secondary N) is 3. The van der Waals surface area contributed by atoms with Gasteiger partial charge in [-0.05, 0) is 30.3 Å². The van der Waals surface area contributed by atoms with E-state index in [2.05, 4.69) is 20.9 Å². The first-order valence-electron chi connectivity index (χ1n) is 9.37. The molecule has 0 aliphatic carbocycles. The summed E-state index contributed by atoms with van der Waals surface area (Å²) in [7, 11) is 3.10. The molecule has 0 radical (unpaired) electrons. The standard InChI is InChI=1S/C19H24N4O6S/c1-28-14-7-11(8-16-17(24)22-19(27)30-16)13(9-15(14)29-2)23-6-3-12(10-23)20-4-5-21-18(25)26/h7-9,12,20-21H,3-6,10H2,1-2H3,(H,25,26)(H,22,24,27). The van der Waals surface area contributed by atoms with E-state index in [1.54, 1.807) is 19.3 Å². The molecule has 0 saturated carbocycles. The Bertz CT molecular complexity index is 875. The lowest BCUT2D eigenvalue weighted by atomic mass is 10.1. The van der Waals surface area contributed by atoms with Crippen molar-refractivity contribution >= 4 is 40.8 Å². The molecule has 1 aromatic carbocycles. The van der Waals surface area contributed by atoms with Gasteiger partial charge in [-0.15, -0.1) is 0 Å². The smallest absolute Gasteiger partial charge is 0.404 e. The van der Waals surface area contributed by atoms with E-state index in [-0.39, 0.29) is 6.04 Å². The van der Waals surface area contributed by atoms with Crippen LogP contribution in [0, 0.1) is 0 Å². The summed E-state index contributed by atoms with van der Waals surface area (Å²) in [6, 6.07) is 3.84. The molecule has 2 saturated heterocycles. The number of benzene rings is 1. The van der Waals surface area contributed by atoms with E-state index in [0.717, 1.165) is 36.0 Å². The second-order valence-electron chi connectivity index (χ2n) is 6.74. The van der Waals surface area contributed by atoms with Gasteiger partial charge in [0, 0.05) is 49.5 Å². The van der Waals surface area contributed by atoms with Crippen molar-refractivity contribution in [3.05, 3.63) is 22.6 Å². The van der Waals surface area contributed by atoms with Gasteiger partial charge in [-0.2, -0.15) is 0 Å². The van der Waals surface area contributed by atoms with E-state index < -0.39 is 17.2 Å². The van der Waals surface area contributed by atoms with Gasteiger partial charge < -0.3 is 30.1 Å².